The minimum atomic E-state index is 0.101. The topological polar surface area (TPSA) is 26.0 Å². The summed E-state index contributed by atoms with van der Waals surface area (Å²) in [6.07, 6.45) is 8.53. The molecule has 0 atom stereocenters. The Hall–Kier alpha value is -0.790. The molecule has 4 bridgehead atoms. The molecule has 4 aliphatic rings. The van der Waals surface area contributed by atoms with Gasteiger partial charge in [-0.3, -0.25) is 0 Å². The van der Waals surface area contributed by atoms with Crippen molar-refractivity contribution in [1.82, 2.24) is 5.16 Å². The first-order chi connectivity index (χ1) is 8.95. The molecule has 2 heteroatoms. The predicted molar refractivity (Wildman–Crippen MR) is 75.1 cm³/mol. The van der Waals surface area contributed by atoms with E-state index in [0.29, 0.717) is 5.41 Å². The number of hydrogen-bond donors (Lipinski definition) is 0. The Morgan fingerprint density at radius 1 is 1.05 bits per heavy atom. The zero-order valence-corrected chi connectivity index (χ0v) is 12.4. The smallest absolute Gasteiger partial charge is 0.143 e. The van der Waals surface area contributed by atoms with Crippen LogP contribution in [-0.4, -0.2) is 5.16 Å². The maximum absolute atomic E-state index is 5.83. The normalized spacial score (nSPS) is 40.9. The third-order valence-electron chi connectivity index (χ3n) is 5.84. The molecule has 0 aliphatic heterocycles. The van der Waals surface area contributed by atoms with E-state index >= 15 is 0 Å². The van der Waals surface area contributed by atoms with Crippen molar-refractivity contribution < 1.29 is 4.52 Å². The van der Waals surface area contributed by atoms with Crippen LogP contribution in [0, 0.1) is 17.8 Å². The highest BCUT2D eigenvalue weighted by Crippen LogP contribution is 2.60. The van der Waals surface area contributed by atoms with E-state index in [-0.39, 0.29) is 5.41 Å². The molecular formula is C17H25NO. The molecule has 0 spiro atoms. The molecule has 0 N–H and O–H groups in total. The van der Waals surface area contributed by atoms with Gasteiger partial charge in [0.15, 0.2) is 0 Å². The molecule has 2 nitrogen and oxygen atoms in total. The standard InChI is InChI=1S/C17H25NO/c1-16(2,3)14-7-15(19-18-14)17-8-11-4-12(9-17)6-13(5-11)10-17/h7,11-13H,4-6,8-10H2,1-3H3. The fraction of sp³-hybridized carbons (Fsp3) is 0.824. The lowest BCUT2D eigenvalue weighted by atomic mass is 9.49. The van der Waals surface area contributed by atoms with Gasteiger partial charge in [-0.05, 0) is 56.3 Å². The average Bonchev–Trinajstić information content (AvgIpc) is 2.75. The Morgan fingerprint density at radius 2 is 1.58 bits per heavy atom. The van der Waals surface area contributed by atoms with E-state index in [1.807, 2.05) is 0 Å². The van der Waals surface area contributed by atoms with Gasteiger partial charge in [0, 0.05) is 16.9 Å². The van der Waals surface area contributed by atoms with E-state index in [4.69, 9.17) is 4.52 Å². The zero-order chi connectivity index (χ0) is 13.3. The summed E-state index contributed by atoms with van der Waals surface area (Å²) in [7, 11) is 0. The van der Waals surface area contributed by atoms with Crippen molar-refractivity contribution in [3.8, 4) is 0 Å². The fourth-order valence-corrected chi connectivity index (χ4v) is 5.29. The van der Waals surface area contributed by atoms with Crippen molar-refractivity contribution in [3.63, 3.8) is 0 Å². The lowest BCUT2D eigenvalue weighted by Crippen LogP contribution is -2.48. The third kappa shape index (κ3) is 1.79. The van der Waals surface area contributed by atoms with Gasteiger partial charge in [-0.1, -0.05) is 25.9 Å². The minimum absolute atomic E-state index is 0.101. The Bertz CT molecular complexity index is 458. The van der Waals surface area contributed by atoms with E-state index < -0.39 is 0 Å². The Labute approximate surface area is 115 Å². The van der Waals surface area contributed by atoms with Gasteiger partial charge in [0.05, 0.1) is 5.69 Å². The molecule has 1 heterocycles. The first-order valence-corrected chi connectivity index (χ1v) is 7.92. The quantitative estimate of drug-likeness (QED) is 0.745. The zero-order valence-electron chi connectivity index (χ0n) is 12.4. The van der Waals surface area contributed by atoms with Crippen molar-refractivity contribution in [2.45, 2.75) is 70.1 Å². The third-order valence-corrected chi connectivity index (χ3v) is 5.84. The summed E-state index contributed by atoms with van der Waals surface area (Å²) in [6, 6.07) is 2.27. The van der Waals surface area contributed by atoms with Gasteiger partial charge in [-0.2, -0.15) is 0 Å². The number of rotatable bonds is 1. The molecule has 1 aromatic rings. The molecule has 4 fully saturated rings. The van der Waals surface area contributed by atoms with Crippen LogP contribution in [0.4, 0.5) is 0 Å². The van der Waals surface area contributed by atoms with Crippen LogP contribution in [0.3, 0.4) is 0 Å². The molecule has 19 heavy (non-hydrogen) atoms. The van der Waals surface area contributed by atoms with Crippen molar-refractivity contribution in [1.29, 1.82) is 0 Å². The monoisotopic (exact) mass is 259 g/mol. The summed E-state index contributed by atoms with van der Waals surface area (Å²) < 4.78 is 5.83. The second kappa shape index (κ2) is 3.65. The van der Waals surface area contributed by atoms with Crippen LogP contribution < -0.4 is 0 Å². The number of nitrogens with zero attached hydrogens (tertiary/aromatic N) is 1. The second-order valence-electron chi connectivity index (χ2n) is 8.52. The Balaban J connectivity index is 1.70. The summed E-state index contributed by atoms with van der Waals surface area (Å²) in [6.45, 7) is 6.65. The van der Waals surface area contributed by atoms with Crippen LogP contribution >= 0.6 is 0 Å². The van der Waals surface area contributed by atoms with Crippen LogP contribution in [0.15, 0.2) is 10.6 Å². The van der Waals surface area contributed by atoms with Crippen LogP contribution in [0.2, 0.25) is 0 Å². The molecular weight excluding hydrogens is 234 g/mol. The Kier molecular flexibility index (Phi) is 2.30. The highest BCUT2D eigenvalue weighted by molar-refractivity contribution is 5.24. The molecule has 4 aliphatic carbocycles. The SMILES string of the molecule is CC(C)(C)c1cc(C23CC4CC(CC(C4)C2)C3)on1. The van der Waals surface area contributed by atoms with Crippen LogP contribution in [0.1, 0.15) is 70.8 Å². The average molecular weight is 259 g/mol. The molecule has 1 aromatic heterocycles. The lowest BCUT2D eigenvalue weighted by molar-refractivity contribution is -0.0175. The van der Waals surface area contributed by atoms with Crippen molar-refractivity contribution in [2.75, 3.05) is 0 Å². The van der Waals surface area contributed by atoms with Gasteiger partial charge in [0.25, 0.3) is 0 Å². The molecule has 0 amide bonds. The van der Waals surface area contributed by atoms with E-state index in [2.05, 4.69) is 32.0 Å². The summed E-state index contributed by atoms with van der Waals surface area (Å²) in [5.74, 6) is 4.11. The molecule has 4 saturated carbocycles. The Morgan fingerprint density at radius 3 is 2.00 bits per heavy atom. The minimum Gasteiger partial charge on any atom is -0.361 e. The van der Waals surface area contributed by atoms with Crippen molar-refractivity contribution >= 4 is 0 Å². The highest BCUT2D eigenvalue weighted by Gasteiger charge is 2.53. The predicted octanol–water partition coefficient (Wildman–Crippen LogP) is 4.44. The maximum Gasteiger partial charge on any atom is 0.143 e. The maximum atomic E-state index is 5.83. The largest absolute Gasteiger partial charge is 0.361 e. The van der Waals surface area contributed by atoms with Crippen LogP contribution in [0.25, 0.3) is 0 Å². The molecule has 5 rings (SSSR count). The van der Waals surface area contributed by atoms with Crippen LogP contribution in [0.5, 0.6) is 0 Å². The molecule has 0 aromatic carbocycles. The number of aromatic nitrogens is 1. The molecule has 0 radical (unpaired) electrons. The summed E-state index contributed by atoms with van der Waals surface area (Å²) >= 11 is 0. The summed E-state index contributed by atoms with van der Waals surface area (Å²) in [5.41, 5.74) is 1.58. The summed E-state index contributed by atoms with van der Waals surface area (Å²) in [4.78, 5) is 0. The van der Waals surface area contributed by atoms with Gasteiger partial charge >= 0.3 is 0 Å². The van der Waals surface area contributed by atoms with Gasteiger partial charge in [-0.15, -0.1) is 0 Å². The van der Waals surface area contributed by atoms with E-state index in [0.717, 1.165) is 23.4 Å². The van der Waals surface area contributed by atoms with Gasteiger partial charge in [0.2, 0.25) is 0 Å². The van der Waals surface area contributed by atoms with Gasteiger partial charge < -0.3 is 4.52 Å². The second-order valence-corrected chi connectivity index (χ2v) is 8.52. The van der Waals surface area contributed by atoms with E-state index in [1.165, 1.54) is 44.3 Å². The van der Waals surface area contributed by atoms with E-state index in [9.17, 15) is 0 Å². The molecule has 0 saturated heterocycles. The van der Waals surface area contributed by atoms with Crippen molar-refractivity contribution in [3.05, 3.63) is 17.5 Å². The van der Waals surface area contributed by atoms with E-state index in [1.54, 1.807) is 0 Å². The summed E-state index contributed by atoms with van der Waals surface area (Å²) in [5, 5.41) is 4.37. The first kappa shape index (κ1) is 12.0. The lowest BCUT2D eigenvalue weighted by Gasteiger charge is -2.55. The van der Waals surface area contributed by atoms with Crippen LogP contribution in [-0.2, 0) is 10.8 Å². The fourth-order valence-electron chi connectivity index (χ4n) is 5.29. The first-order valence-electron chi connectivity index (χ1n) is 7.92. The van der Waals surface area contributed by atoms with Crippen molar-refractivity contribution in [2.24, 2.45) is 17.8 Å². The molecule has 0 unspecified atom stereocenters. The van der Waals surface area contributed by atoms with Gasteiger partial charge in [0.1, 0.15) is 5.76 Å². The highest BCUT2D eigenvalue weighted by atomic mass is 16.5. The molecule has 104 valence electrons. The van der Waals surface area contributed by atoms with Gasteiger partial charge in [-0.25, -0.2) is 0 Å². The number of hydrogen-bond acceptors (Lipinski definition) is 2.